The summed E-state index contributed by atoms with van der Waals surface area (Å²) in [6, 6.07) is 27.4. The molecule has 0 aliphatic carbocycles. The number of ether oxygens (including phenoxy) is 2. The van der Waals surface area contributed by atoms with Gasteiger partial charge in [0.2, 0.25) is 0 Å². The molecule has 0 saturated carbocycles. The van der Waals surface area contributed by atoms with E-state index in [1.54, 1.807) is 17.8 Å². The Labute approximate surface area is 204 Å². The maximum absolute atomic E-state index is 12.2. The van der Waals surface area contributed by atoms with Crippen LogP contribution in [0.1, 0.15) is 23.6 Å². The van der Waals surface area contributed by atoms with E-state index in [1.807, 2.05) is 60.7 Å². The number of hydrogen-bond acceptors (Lipinski definition) is 5. The third-order valence-corrected chi connectivity index (χ3v) is 5.33. The van der Waals surface area contributed by atoms with Crippen LogP contribution >= 0.6 is 0 Å². The molecule has 0 radical (unpaired) electrons. The summed E-state index contributed by atoms with van der Waals surface area (Å²) in [7, 11) is 0. The molecular formula is C29H25N3O3. The highest BCUT2D eigenvalue weighted by Crippen LogP contribution is 2.28. The summed E-state index contributed by atoms with van der Waals surface area (Å²) in [4.78, 5) is 12.2. The van der Waals surface area contributed by atoms with E-state index >= 15 is 0 Å². The van der Waals surface area contributed by atoms with Gasteiger partial charge in [-0.25, -0.2) is 9.48 Å². The standard InChI is InChI=1S/C29H25N3O3/c1-3-34-29(33)24(18-30)17-25-19-32(26-7-5-4-6-8-26)31-28(25)23-13-15-27(16-14-23)35-20-22-11-9-21(2)10-12-22/h4-17,19H,3,20H2,1-2H3. The monoisotopic (exact) mass is 463 g/mol. The van der Waals surface area contributed by atoms with Crippen LogP contribution in [0, 0.1) is 18.3 Å². The van der Waals surface area contributed by atoms with Crippen molar-refractivity contribution in [2.24, 2.45) is 0 Å². The molecule has 1 heterocycles. The largest absolute Gasteiger partial charge is 0.489 e. The zero-order valence-corrected chi connectivity index (χ0v) is 19.6. The van der Waals surface area contributed by atoms with Crippen LogP contribution in [-0.4, -0.2) is 22.4 Å². The molecule has 3 aromatic carbocycles. The van der Waals surface area contributed by atoms with E-state index in [0.717, 1.165) is 22.6 Å². The summed E-state index contributed by atoms with van der Waals surface area (Å²) in [5.74, 6) is 0.0754. The molecule has 0 bridgehead atoms. The number of rotatable bonds is 8. The molecule has 1 aromatic heterocycles. The highest BCUT2D eigenvalue weighted by atomic mass is 16.5. The second kappa shape index (κ2) is 11.0. The van der Waals surface area contributed by atoms with Gasteiger partial charge in [0.15, 0.2) is 0 Å². The SMILES string of the molecule is CCOC(=O)C(C#N)=Cc1cn(-c2ccccc2)nc1-c1ccc(OCc2ccc(C)cc2)cc1. The van der Waals surface area contributed by atoms with Crippen molar-refractivity contribution in [1.82, 2.24) is 9.78 Å². The summed E-state index contributed by atoms with van der Waals surface area (Å²) in [5, 5.41) is 14.3. The molecule has 174 valence electrons. The van der Waals surface area contributed by atoms with E-state index in [0.29, 0.717) is 17.9 Å². The van der Waals surface area contributed by atoms with Crippen molar-refractivity contribution in [1.29, 1.82) is 5.26 Å². The molecule has 0 unspecified atom stereocenters. The second-order valence-electron chi connectivity index (χ2n) is 7.90. The van der Waals surface area contributed by atoms with E-state index in [-0.39, 0.29) is 12.2 Å². The van der Waals surface area contributed by atoms with E-state index in [2.05, 4.69) is 31.2 Å². The van der Waals surface area contributed by atoms with Crippen LogP contribution in [0.2, 0.25) is 0 Å². The van der Waals surface area contributed by atoms with Crippen molar-refractivity contribution in [3.8, 4) is 28.8 Å². The van der Waals surface area contributed by atoms with Crippen LogP contribution in [-0.2, 0) is 16.1 Å². The van der Waals surface area contributed by atoms with Gasteiger partial charge < -0.3 is 9.47 Å². The Morgan fingerprint density at radius 1 is 1.03 bits per heavy atom. The quantitative estimate of drug-likeness (QED) is 0.185. The van der Waals surface area contributed by atoms with Crippen molar-refractivity contribution >= 4 is 12.0 Å². The summed E-state index contributed by atoms with van der Waals surface area (Å²) in [6.45, 7) is 4.42. The number of para-hydroxylation sites is 1. The molecule has 0 N–H and O–H groups in total. The lowest BCUT2D eigenvalue weighted by Crippen LogP contribution is -2.06. The summed E-state index contributed by atoms with van der Waals surface area (Å²) in [6.07, 6.45) is 3.31. The molecule has 35 heavy (non-hydrogen) atoms. The highest BCUT2D eigenvalue weighted by molar-refractivity contribution is 5.98. The average molecular weight is 464 g/mol. The summed E-state index contributed by atoms with van der Waals surface area (Å²) < 4.78 is 12.7. The Kier molecular flexibility index (Phi) is 7.39. The number of carbonyl (C=O) groups excluding carboxylic acids is 1. The second-order valence-corrected chi connectivity index (χ2v) is 7.90. The zero-order valence-electron chi connectivity index (χ0n) is 19.6. The lowest BCUT2D eigenvalue weighted by Gasteiger charge is -2.08. The van der Waals surface area contributed by atoms with Gasteiger partial charge >= 0.3 is 5.97 Å². The van der Waals surface area contributed by atoms with Gasteiger partial charge in [-0.3, -0.25) is 0 Å². The van der Waals surface area contributed by atoms with Gasteiger partial charge in [0.1, 0.15) is 24.0 Å². The smallest absolute Gasteiger partial charge is 0.348 e. The fraction of sp³-hybridized carbons (Fsp3) is 0.138. The predicted molar refractivity (Wildman–Crippen MR) is 135 cm³/mol. The first-order chi connectivity index (χ1) is 17.1. The van der Waals surface area contributed by atoms with Gasteiger partial charge in [-0.15, -0.1) is 0 Å². The molecular weight excluding hydrogens is 438 g/mol. The molecule has 6 nitrogen and oxygen atoms in total. The van der Waals surface area contributed by atoms with Crippen LogP contribution < -0.4 is 4.74 Å². The average Bonchev–Trinajstić information content (AvgIpc) is 3.32. The van der Waals surface area contributed by atoms with Gasteiger partial charge in [0.25, 0.3) is 0 Å². The lowest BCUT2D eigenvalue weighted by molar-refractivity contribution is -0.137. The zero-order chi connectivity index (χ0) is 24.6. The summed E-state index contributed by atoms with van der Waals surface area (Å²) >= 11 is 0. The Morgan fingerprint density at radius 3 is 2.40 bits per heavy atom. The topological polar surface area (TPSA) is 77.1 Å². The van der Waals surface area contributed by atoms with Crippen molar-refractivity contribution in [3.05, 3.63) is 107 Å². The van der Waals surface area contributed by atoms with Crippen LogP contribution in [0.5, 0.6) is 5.75 Å². The molecule has 0 saturated heterocycles. The minimum Gasteiger partial charge on any atom is -0.489 e. The highest BCUT2D eigenvalue weighted by Gasteiger charge is 2.16. The Morgan fingerprint density at radius 2 is 1.74 bits per heavy atom. The first kappa shape index (κ1) is 23.5. The summed E-state index contributed by atoms with van der Waals surface area (Å²) in [5.41, 5.74) is 5.18. The van der Waals surface area contributed by atoms with E-state index in [4.69, 9.17) is 14.6 Å². The number of hydrogen-bond donors (Lipinski definition) is 0. The molecule has 4 aromatic rings. The van der Waals surface area contributed by atoms with Crippen molar-refractivity contribution < 1.29 is 14.3 Å². The number of nitrogens with zero attached hydrogens (tertiary/aromatic N) is 3. The fourth-order valence-corrected chi connectivity index (χ4v) is 3.49. The maximum atomic E-state index is 12.2. The normalized spacial score (nSPS) is 11.1. The third-order valence-electron chi connectivity index (χ3n) is 5.33. The van der Waals surface area contributed by atoms with Crippen molar-refractivity contribution in [2.75, 3.05) is 6.61 Å². The minimum absolute atomic E-state index is 0.0845. The Hall–Kier alpha value is -4.63. The van der Waals surface area contributed by atoms with Gasteiger partial charge in [-0.05, 0) is 61.9 Å². The molecule has 6 heteroatoms. The molecule has 0 fully saturated rings. The number of esters is 1. The number of carbonyl (C=O) groups is 1. The number of aromatic nitrogens is 2. The van der Waals surface area contributed by atoms with Gasteiger partial charge in [-0.1, -0.05) is 48.0 Å². The first-order valence-corrected chi connectivity index (χ1v) is 11.3. The predicted octanol–water partition coefficient (Wildman–Crippen LogP) is 5.90. The number of nitriles is 1. The van der Waals surface area contributed by atoms with Gasteiger partial charge in [0, 0.05) is 17.3 Å². The molecule has 0 amide bonds. The van der Waals surface area contributed by atoms with Crippen LogP contribution in [0.3, 0.4) is 0 Å². The fourth-order valence-electron chi connectivity index (χ4n) is 3.49. The molecule has 0 aliphatic heterocycles. The molecule has 4 rings (SSSR count). The van der Waals surface area contributed by atoms with Gasteiger partial charge in [-0.2, -0.15) is 10.4 Å². The van der Waals surface area contributed by atoms with Crippen LogP contribution in [0.4, 0.5) is 0 Å². The lowest BCUT2D eigenvalue weighted by atomic mass is 10.1. The molecule has 0 aliphatic rings. The van der Waals surface area contributed by atoms with Crippen LogP contribution in [0.15, 0.2) is 90.6 Å². The molecule has 0 atom stereocenters. The Bertz CT molecular complexity index is 1360. The third kappa shape index (κ3) is 5.84. The maximum Gasteiger partial charge on any atom is 0.348 e. The van der Waals surface area contributed by atoms with Crippen molar-refractivity contribution in [2.45, 2.75) is 20.5 Å². The van der Waals surface area contributed by atoms with Crippen molar-refractivity contribution in [3.63, 3.8) is 0 Å². The van der Waals surface area contributed by atoms with E-state index < -0.39 is 5.97 Å². The van der Waals surface area contributed by atoms with Gasteiger partial charge in [0.05, 0.1) is 18.0 Å². The van der Waals surface area contributed by atoms with E-state index in [1.165, 1.54) is 11.6 Å². The first-order valence-electron chi connectivity index (χ1n) is 11.3. The number of aryl methyl sites for hydroxylation is 1. The molecule has 0 spiro atoms. The number of benzene rings is 3. The Balaban J connectivity index is 1.64. The van der Waals surface area contributed by atoms with E-state index in [9.17, 15) is 10.1 Å². The van der Waals surface area contributed by atoms with Crippen LogP contribution in [0.25, 0.3) is 23.0 Å². The minimum atomic E-state index is -0.659.